The maximum atomic E-state index is 13.8. The number of likely N-dealkylation sites (N-methyl/N-ethyl adjacent to an activating group) is 1. The molecule has 0 atom stereocenters. The molecule has 0 aliphatic carbocycles. The molecule has 5 rings (SSSR count). The number of fused-ring (bicyclic) bond motifs is 3. The lowest BCUT2D eigenvalue weighted by Crippen LogP contribution is -2.53. The van der Waals surface area contributed by atoms with E-state index >= 15 is 0 Å². The quantitative estimate of drug-likeness (QED) is 0.517. The van der Waals surface area contributed by atoms with Gasteiger partial charge in [-0.25, -0.2) is 4.79 Å². The second kappa shape index (κ2) is 10.6. The van der Waals surface area contributed by atoms with E-state index in [0.29, 0.717) is 13.1 Å². The maximum Gasteiger partial charge on any atom is 0.325 e. The van der Waals surface area contributed by atoms with Crippen LogP contribution in [0.3, 0.4) is 0 Å². The van der Waals surface area contributed by atoms with Crippen molar-refractivity contribution in [3.05, 3.63) is 64.9 Å². The van der Waals surface area contributed by atoms with E-state index < -0.39 is 0 Å². The number of methoxy groups -OCH3 is 4. The van der Waals surface area contributed by atoms with E-state index in [4.69, 9.17) is 18.9 Å². The van der Waals surface area contributed by atoms with Gasteiger partial charge in [-0.3, -0.25) is 9.80 Å². The normalized spacial score (nSPS) is 20.7. The number of carbonyl (C=O) groups is 1. The molecule has 1 spiro atoms. The van der Waals surface area contributed by atoms with Crippen LogP contribution in [0, 0.1) is 0 Å². The molecule has 0 saturated carbocycles. The zero-order chi connectivity index (χ0) is 26.9. The molecule has 2 amide bonds. The Morgan fingerprint density at radius 1 is 0.868 bits per heavy atom. The van der Waals surface area contributed by atoms with E-state index in [-0.39, 0.29) is 11.6 Å². The van der Waals surface area contributed by atoms with Crippen molar-refractivity contribution < 1.29 is 23.7 Å². The Hall–Kier alpha value is -3.65. The predicted octanol–water partition coefficient (Wildman–Crippen LogP) is 4.92. The summed E-state index contributed by atoms with van der Waals surface area (Å²) in [5, 5.41) is 0. The Morgan fingerprint density at radius 3 is 2.13 bits per heavy atom. The zero-order valence-corrected chi connectivity index (χ0v) is 23.0. The highest BCUT2D eigenvalue weighted by atomic mass is 16.5. The Balaban J connectivity index is 1.42. The smallest absolute Gasteiger partial charge is 0.325 e. The molecule has 3 heterocycles. The zero-order valence-electron chi connectivity index (χ0n) is 23.0. The van der Waals surface area contributed by atoms with Gasteiger partial charge in [0.1, 0.15) is 23.0 Å². The summed E-state index contributed by atoms with van der Waals surface area (Å²) < 4.78 is 22.1. The van der Waals surface area contributed by atoms with Gasteiger partial charge < -0.3 is 23.8 Å². The second-order valence-electron chi connectivity index (χ2n) is 9.96. The Kier molecular flexibility index (Phi) is 7.25. The second-order valence-corrected chi connectivity index (χ2v) is 9.96. The third-order valence-electron chi connectivity index (χ3n) is 8.07. The first kappa shape index (κ1) is 26.0. The van der Waals surface area contributed by atoms with Crippen LogP contribution in [0.1, 0.15) is 36.5 Å². The summed E-state index contributed by atoms with van der Waals surface area (Å²) in [5.74, 6) is 3.05. The number of allylic oxidation sites excluding steroid dienone is 2. The van der Waals surface area contributed by atoms with Gasteiger partial charge in [-0.15, -0.1) is 0 Å². The van der Waals surface area contributed by atoms with Gasteiger partial charge in [0.25, 0.3) is 0 Å². The van der Waals surface area contributed by atoms with Gasteiger partial charge in [-0.2, -0.15) is 0 Å². The molecule has 0 bridgehead atoms. The molecule has 2 fully saturated rings. The van der Waals surface area contributed by atoms with E-state index in [1.807, 2.05) is 23.1 Å². The first-order chi connectivity index (χ1) is 18.5. The number of benzene rings is 2. The molecule has 38 heavy (non-hydrogen) atoms. The van der Waals surface area contributed by atoms with Crippen molar-refractivity contribution in [3.8, 4) is 23.0 Å². The third-order valence-corrected chi connectivity index (χ3v) is 8.07. The number of hydrogen-bond acceptors (Lipinski definition) is 6. The number of ether oxygens (including phenoxy) is 4. The summed E-state index contributed by atoms with van der Waals surface area (Å²) in [4.78, 5) is 20.3. The van der Waals surface area contributed by atoms with E-state index in [1.54, 1.807) is 28.4 Å². The van der Waals surface area contributed by atoms with Crippen molar-refractivity contribution >= 4 is 12.1 Å². The highest BCUT2D eigenvalue weighted by molar-refractivity contribution is 5.83. The minimum Gasteiger partial charge on any atom is -0.497 e. The van der Waals surface area contributed by atoms with Crippen LogP contribution in [0.5, 0.6) is 23.0 Å². The summed E-state index contributed by atoms with van der Waals surface area (Å²) in [6.45, 7) is 5.79. The Bertz CT molecular complexity index is 1240. The van der Waals surface area contributed by atoms with Gasteiger partial charge >= 0.3 is 6.03 Å². The molecule has 8 heteroatoms. The molecular formula is C30H37N3O5. The number of hydrogen-bond donors (Lipinski definition) is 0. The molecule has 8 nitrogen and oxygen atoms in total. The van der Waals surface area contributed by atoms with Gasteiger partial charge in [0.2, 0.25) is 0 Å². The number of amides is 2. The predicted molar refractivity (Wildman–Crippen MR) is 147 cm³/mol. The molecule has 202 valence electrons. The largest absolute Gasteiger partial charge is 0.497 e. The standard InChI is InChI=1S/C30H37N3O5/c1-6-33-29(34)32-20-22-16-25(37-4)18-27(38-5)26(22)8-7-9-28(32)30(33)10-12-31(13-11-30)19-21-14-23(35-2)17-24(15-21)36-3/h7-9,14-18H,6,10-13,19-20H2,1-5H3/b8-7+,28-9-. The first-order valence-electron chi connectivity index (χ1n) is 13.1. The molecule has 0 N–H and O–H groups in total. The minimum absolute atomic E-state index is 0.0627. The number of carbonyl (C=O) groups excluding carboxylic acids is 1. The Morgan fingerprint density at radius 2 is 1.53 bits per heavy atom. The lowest BCUT2D eigenvalue weighted by atomic mass is 9.82. The average Bonchev–Trinajstić information content (AvgIpc) is 3.13. The molecular weight excluding hydrogens is 482 g/mol. The monoisotopic (exact) mass is 519 g/mol. The number of urea groups is 1. The van der Waals surface area contributed by atoms with Gasteiger partial charge in [0.15, 0.2) is 0 Å². The summed E-state index contributed by atoms with van der Waals surface area (Å²) in [6.07, 6.45) is 8.01. The molecule has 0 radical (unpaired) electrons. The highest BCUT2D eigenvalue weighted by Gasteiger charge is 2.54. The third kappa shape index (κ3) is 4.47. The van der Waals surface area contributed by atoms with E-state index in [0.717, 1.165) is 77.9 Å². The SMILES string of the molecule is CCN1C(=O)N2Cc3cc(OC)cc(OC)c3/C=C/C=C\2C12CCN(Cc1cc(OC)cc(OC)c1)CC2. The fourth-order valence-corrected chi connectivity index (χ4v) is 6.15. The van der Waals surface area contributed by atoms with Crippen molar-refractivity contribution in [2.75, 3.05) is 48.1 Å². The summed E-state index contributed by atoms with van der Waals surface area (Å²) >= 11 is 0. The fraction of sp³-hybridized carbons (Fsp3) is 0.433. The van der Waals surface area contributed by atoms with Crippen LogP contribution in [0.2, 0.25) is 0 Å². The Labute approximate surface area is 225 Å². The number of likely N-dealkylation sites (tertiary alicyclic amines) is 1. The number of rotatable bonds is 7. The molecule has 3 aliphatic heterocycles. The van der Waals surface area contributed by atoms with Crippen molar-refractivity contribution in [1.29, 1.82) is 0 Å². The summed E-state index contributed by atoms with van der Waals surface area (Å²) in [6, 6.07) is 9.97. The minimum atomic E-state index is -0.320. The van der Waals surface area contributed by atoms with Gasteiger partial charge in [0.05, 0.1) is 40.5 Å². The van der Waals surface area contributed by atoms with Crippen molar-refractivity contribution in [2.45, 2.75) is 38.4 Å². The van der Waals surface area contributed by atoms with Crippen molar-refractivity contribution in [2.24, 2.45) is 0 Å². The van der Waals surface area contributed by atoms with Crippen molar-refractivity contribution in [3.63, 3.8) is 0 Å². The van der Waals surface area contributed by atoms with Crippen LogP contribution in [-0.2, 0) is 13.1 Å². The lowest BCUT2D eigenvalue weighted by Gasteiger charge is -2.44. The highest BCUT2D eigenvalue weighted by Crippen LogP contribution is 2.46. The van der Waals surface area contributed by atoms with Crippen LogP contribution in [0.25, 0.3) is 6.08 Å². The van der Waals surface area contributed by atoms with E-state index in [9.17, 15) is 4.79 Å². The van der Waals surface area contributed by atoms with Gasteiger partial charge in [0, 0.05) is 49.6 Å². The first-order valence-corrected chi connectivity index (χ1v) is 13.1. The number of nitrogens with zero attached hydrogens (tertiary/aromatic N) is 3. The van der Waals surface area contributed by atoms with E-state index in [1.165, 1.54) is 0 Å². The summed E-state index contributed by atoms with van der Waals surface area (Å²) in [5.41, 5.74) is 3.90. The van der Waals surface area contributed by atoms with E-state index in [2.05, 4.69) is 47.1 Å². The molecule has 3 aliphatic rings. The average molecular weight is 520 g/mol. The lowest BCUT2D eigenvalue weighted by molar-refractivity contribution is 0.0890. The molecule has 2 saturated heterocycles. The molecule has 2 aromatic rings. The van der Waals surface area contributed by atoms with Crippen molar-refractivity contribution in [1.82, 2.24) is 14.7 Å². The van der Waals surface area contributed by atoms with Crippen LogP contribution in [0.4, 0.5) is 4.79 Å². The van der Waals surface area contributed by atoms with Gasteiger partial charge in [-0.05, 0) is 55.2 Å². The molecule has 2 aromatic carbocycles. The summed E-state index contributed by atoms with van der Waals surface area (Å²) in [7, 11) is 6.66. The number of piperidine rings is 1. The van der Waals surface area contributed by atoms with Crippen LogP contribution in [0.15, 0.2) is 48.2 Å². The van der Waals surface area contributed by atoms with Crippen LogP contribution in [-0.4, -0.2) is 74.3 Å². The molecule has 0 unspecified atom stereocenters. The maximum absolute atomic E-state index is 13.8. The topological polar surface area (TPSA) is 63.7 Å². The van der Waals surface area contributed by atoms with Crippen LogP contribution < -0.4 is 18.9 Å². The van der Waals surface area contributed by atoms with Gasteiger partial charge in [-0.1, -0.05) is 12.2 Å². The fourth-order valence-electron chi connectivity index (χ4n) is 6.15. The van der Waals surface area contributed by atoms with Crippen LogP contribution >= 0.6 is 0 Å². The molecule has 0 aromatic heterocycles.